The van der Waals surface area contributed by atoms with E-state index in [9.17, 15) is 4.39 Å². The van der Waals surface area contributed by atoms with Crippen LogP contribution < -0.4 is 5.73 Å². The van der Waals surface area contributed by atoms with Crippen molar-refractivity contribution in [1.29, 1.82) is 0 Å². The van der Waals surface area contributed by atoms with Crippen LogP contribution in [0.3, 0.4) is 0 Å². The molecule has 15 heavy (non-hydrogen) atoms. The third kappa shape index (κ3) is 3.02. The largest absolute Gasteiger partial charge is 0.328 e. The normalized spacial score (nSPS) is 15.6. The van der Waals surface area contributed by atoms with Crippen LogP contribution in [0.25, 0.3) is 0 Å². The molecule has 0 aliphatic heterocycles. The quantitative estimate of drug-likeness (QED) is 0.808. The molecule has 3 nitrogen and oxygen atoms in total. The van der Waals surface area contributed by atoms with Crippen LogP contribution in [0.15, 0.2) is 12.4 Å². The zero-order valence-corrected chi connectivity index (χ0v) is 9.70. The summed E-state index contributed by atoms with van der Waals surface area (Å²) in [5.74, 6) is -0.0424. The third-order valence-corrected chi connectivity index (χ3v) is 2.96. The molecule has 0 aliphatic rings. The van der Waals surface area contributed by atoms with Gasteiger partial charge in [0, 0.05) is 19.8 Å². The molecule has 1 unspecified atom stereocenters. The summed E-state index contributed by atoms with van der Waals surface area (Å²) in [5.41, 5.74) is 5.29. The highest BCUT2D eigenvalue weighted by Gasteiger charge is 2.31. The highest BCUT2D eigenvalue weighted by Crippen LogP contribution is 2.26. The van der Waals surface area contributed by atoms with Crippen molar-refractivity contribution in [2.75, 3.05) is 6.54 Å². The van der Waals surface area contributed by atoms with E-state index < -0.39 is 5.67 Å². The summed E-state index contributed by atoms with van der Waals surface area (Å²) in [5, 5.41) is 4.05. The highest BCUT2D eigenvalue weighted by molar-refractivity contribution is 5.05. The van der Waals surface area contributed by atoms with E-state index in [1.54, 1.807) is 10.9 Å². The van der Waals surface area contributed by atoms with Crippen LogP contribution in [0.5, 0.6) is 0 Å². The molecule has 0 saturated carbocycles. The molecule has 2 N–H and O–H groups in total. The Labute approximate surface area is 90.5 Å². The molecule has 0 aliphatic carbocycles. The molecule has 0 spiro atoms. The molecule has 1 atom stereocenters. The van der Waals surface area contributed by atoms with E-state index in [2.05, 4.69) is 5.10 Å². The Morgan fingerprint density at radius 1 is 1.60 bits per heavy atom. The second-order valence-corrected chi connectivity index (χ2v) is 4.42. The van der Waals surface area contributed by atoms with Gasteiger partial charge in [0.2, 0.25) is 0 Å². The number of aromatic nitrogens is 2. The standard InChI is InChI=1S/C11H20FN3/c1-9(2)11(12,8-13)5-4-10-6-14-15(3)7-10/h6-7,9H,4-5,8,13H2,1-3H3. The number of hydrogen-bond acceptors (Lipinski definition) is 2. The molecule has 1 aromatic heterocycles. The van der Waals surface area contributed by atoms with Crippen LogP contribution in [-0.4, -0.2) is 22.0 Å². The van der Waals surface area contributed by atoms with Crippen molar-refractivity contribution < 1.29 is 4.39 Å². The zero-order valence-electron chi connectivity index (χ0n) is 9.70. The van der Waals surface area contributed by atoms with E-state index in [0.717, 1.165) is 5.56 Å². The topological polar surface area (TPSA) is 43.8 Å². The molecule has 1 aromatic rings. The average Bonchev–Trinajstić information content (AvgIpc) is 2.60. The molecule has 4 heteroatoms. The summed E-state index contributed by atoms with van der Waals surface area (Å²) in [6.45, 7) is 3.83. The van der Waals surface area contributed by atoms with Gasteiger partial charge >= 0.3 is 0 Å². The third-order valence-electron chi connectivity index (χ3n) is 2.96. The van der Waals surface area contributed by atoms with Gasteiger partial charge in [-0.2, -0.15) is 5.10 Å². The van der Waals surface area contributed by atoms with Gasteiger partial charge in [-0.25, -0.2) is 4.39 Å². The summed E-state index contributed by atoms with van der Waals surface area (Å²) in [7, 11) is 1.86. The maximum absolute atomic E-state index is 14.2. The van der Waals surface area contributed by atoms with E-state index in [1.165, 1.54) is 0 Å². The maximum Gasteiger partial charge on any atom is 0.125 e. The smallest absolute Gasteiger partial charge is 0.125 e. The van der Waals surface area contributed by atoms with Gasteiger partial charge in [-0.1, -0.05) is 13.8 Å². The van der Waals surface area contributed by atoms with Gasteiger partial charge in [-0.15, -0.1) is 0 Å². The Kier molecular flexibility index (Phi) is 3.85. The van der Waals surface area contributed by atoms with Crippen LogP contribution >= 0.6 is 0 Å². The lowest BCUT2D eigenvalue weighted by molar-refractivity contribution is 0.0993. The van der Waals surface area contributed by atoms with Gasteiger partial charge in [0.1, 0.15) is 5.67 Å². The van der Waals surface area contributed by atoms with Crippen molar-refractivity contribution in [2.45, 2.75) is 32.4 Å². The molecule has 0 fully saturated rings. The van der Waals surface area contributed by atoms with Crippen LogP contribution in [0, 0.1) is 5.92 Å². The predicted octanol–water partition coefficient (Wildman–Crippen LogP) is 1.68. The lowest BCUT2D eigenvalue weighted by atomic mass is 9.87. The minimum atomic E-state index is -1.25. The zero-order chi connectivity index (χ0) is 11.5. The van der Waals surface area contributed by atoms with E-state index >= 15 is 0 Å². The minimum absolute atomic E-state index is 0.0424. The molecule has 0 bridgehead atoms. The molecule has 0 radical (unpaired) electrons. The van der Waals surface area contributed by atoms with Crippen LogP contribution in [0.1, 0.15) is 25.8 Å². The van der Waals surface area contributed by atoms with Crippen LogP contribution in [0.4, 0.5) is 4.39 Å². The van der Waals surface area contributed by atoms with Gasteiger partial charge < -0.3 is 5.73 Å². The van der Waals surface area contributed by atoms with Gasteiger partial charge in [-0.05, 0) is 24.3 Å². The molecule has 0 aromatic carbocycles. The fourth-order valence-corrected chi connectivity index (χ4v) is 1.58. The average molecular weight is 213 g/mol. The SMILES string of the molecule is CC(C)C(F)(CN)CCc1cnn(C)c1. The van der Waals surface area contributed by atoms with Crippen molar-refractivity contribution in [3.8, 4) is 0 Å². The van der Waals surface area contributed by atoms with E-state index in [-0.39, 0.29) is 12.5 Å². The maximum atomic E-state index is 14.2. The number of alkyl halides is 1. The first kappa shape index (κ1) is 12.2. The van der Waals surface area contributed by atoms with Gasteiger partial charge in [-0.3, -0.25) is 4.68 Å². The minimum Gasteiger partial charge on any atom is -0.328 e. The van der Waals surface area contributed by atoms with Gasteiger partial charge in [0.15, 0.2) is 0 Å². The summed E-state index contributed by atoms with van der Waals surface area (Å²) < 4.78 is 15.9. The van der Waals surface area contributed by atoms with Crippen molar-refractivity contribution in [3.05, 3.63) is 18.0 Å². The summed E-state index contributed by atoms with van der Waals surface area (Å²) in [6, 6.07) is 0. The predicted molar refractivity (Wildman–Crippen MR) is 59.3 cm³/mol. The number of hydrogen-bond donors (Lipinski definition) is 1. The molecular weight excluding hydrogens is 193 g/mol. The van der Waals surface area contributed by atoms with E-state index in [1.807, 2.05) is 27.1 Å². The molecule has 86 valence electrons. The van der Waals surface area contributed by atoms with E-state index in [0.29, 0.717) is 12.8 Å². The van der Waals surface area contributed by atoms with Crippen molar-refractivity contribution in [1.82, 2.24) is 9.78 Å². The number of nitrogens with two attached hydrogens (primary N) is 1. The fraction of sp³-hybridized carbons (Fsp3) is 0.727. The monoisotopic (exact) mass is 213 g/mol. The first-order valence-corrected chi connectivity index (χ1v) is 5.34. The lowest BCUT2D eigenvalue weighted by Crippen LogP contribution is -2.38. The first-order valence-electron chi connectivity index (χ1n) is 5.34. The Hall–Kier alpha value is -0.900. The number of rotatable bonds is 5. The number of nitrogens with zero attached hydrogens (tertiary/aromatic N) is 2. The molecule has 0 amide bonds. The number of aryl methyl sites for hydroxylation is 2. The number of halogens is 1. The molecular formula is C11H20FN3. The highest BCUT2D eigenvalue weighted by atomic mass is 19.1. The Morgan fingerprint density at radius 3 is 2.67 bits per heavy atom. The van der Waals surface area contributed by atoms with Gasteiger partial charge in [0.25, 0.3) is 0 Å². The lowest BCUT2D eigenvalue weighted by Gasteiger charge is -2.27. The fourth-order valence-electron chi connectivity index (χ4n) is 1.58. The van der Waals surface area contributed by atoms with Gasteiger partial charge in [0.05, 0.1) is 6.20 Å². The van der Waals surface area contributed by atoms with Crippen molar-refractivity contribution in [3.63, 3.8) is 0 Å². The van der Waals surface area contributed by atoms with Crippen molar-refractivity contribution >= 4 is 0 Å². The Morgan fingerprint density at radius 2 is 2.27 bits per heavy atom. The van der Waals surface area contributed by atoms with Crippen molar-refractivity contribution in [2.24, 2.45) is 18.7 Å². The summed E-state index contributed by atoms with van der Waals surface area (Å²) in [6.07, 6.45) is 4.85. The van der Waals surface area contributed by atoms with Crippen LogP contribution in [0.2, 0.25) is 0 Å². The summed E-state index contributed by atoms with van der Waals surface area (Å²) >= 11 is 0. The molecule has 1 heterocycles. The van der Waals surface area contributed by atoms with E-state index in [4.69, 9.17) is 5.73 Å². The molecule has 0 saturated heterocycles. The Bertz CT molecular complexity index is 309. The summed E-state index contributed by atoms with van der Waals surface area (Å²) in [4.78, 5) is 0. The van der Waals surface area contributed by atoms with Crippen LogP contribution in [-0.2, 0) is 13.5 Å². The second kappa shape index (κ2) is 4.75. The first-order chi connectivity index (χ1) is 6.98. The second-order valence-electron chi connectivity index (χ2n) is 4.42. The Balaban J connectivity index is 2.55. The molecule has 1 rings (SSSR count).